The van der Waals surface area contributed by atoms with Crippen LogP contribution in [0.3, 0.4) is 0 Å². The van der Waals surface area contributed by atoms with Gasteiger partial charge in [-0.2, -0.15) is 0 Å². The summed E-state index contributed by atoms with van der Waals surface area (Å²) in [6, 6.07) is 3.82. The number of piperidine rings is 1. The zero-order valence-corrected chi connectivity index (χ0v) is 11.7. The van der Waals surface area contributed by atoms with Gasteiger partial charge in [0.05, 0.1) is 16.4 Å². The molecular formula is C12H16BrClN2. The summed E-state index contributed by atoms with van der Waals surface area (Å²) >= 11 is 9.65. The molecular weight excluding hydrogens is 288 g/mol. The van der Waals surface area contributed by atoms with Crippen molar-refractivity contribution in [2.24, 2.45) is 5.92 Å². The van der Waals surface area contributed by atoms with Gasteiger partial charge in [0.15, 0.2) is 0 Å². The molecule has 2 nitrogen and oxygen atoms in total. The second-order valence-electron chi connectivity index (χ2n) is 4.50. The SMILES string of the molecule is CC1CCN(c2c(N)cc(Br)cc2Cl)CC1. The summed E-state index contributed by atoms with van der Waals surface area (Å²) < 4.78 is 0.934. The highest BCUT2D eigenvalue weighted by molar-refractivity contribution is 9.10. The minimum atomic E-state index is 0.737. The van der Waals surface area contributed by atoms with Gasteiger partial charge in [-0.25, -0.2) is 0 Å². The van der Waals surface area contributed by atoms with E-state index in [4.69, 9.17) is 17.3 Å². The van der Waals surface area contributed by atoms with Crippen LogP contribution in [0, 0.1) is 5.92 Å². The largest absolute Gasteiger partial charge is 0.397 e. The molecule has 1 heterocycles. The Hall–Kier alpha value is -0.410. The molecule has 0 unspecified atom stereocenters. The van der Waals surface area contributed by atoms with E-state index in [2.05, 4.69) is 27.8 Å². The van der Waals surface area contributed by atoms with Gasteiger partial charge in [0.25, 0.3) is 0 Å². The molecule has 1 aromatic carbocycles. The first kappa shape index (κ1) is 12.1. The molecule has 0 aromatic heterocycles. The second kappa shape index (κ2) is 4.84. The van der Waals surface area contributed by atoms with E-state index < -0.39 is 0 Å². The fourth-order valence-electron chi connectivity index (χ4n) is 2.15. The number of benzene rings is 1. The third kappa shape index (κ3) is 2.46. The molecule has 0 amide bonds. The van der Waals surface area contributed by atoms with Crippen LogP contribution >= 0.6 is 27.5 Å². The minimum absolute atomic E-state index is 0.737. The van der Waals surface area contributed by atoms with Crippen molar-refractivity contribution in [3.8, 4) is 0 Å². The van der Waals surface area contributed by atoms with Crippen LogP contribution in [0.5, 0.6) is 0 Å². The lowest BCUT2D eigenvalue weighted by atomic mass is 9.98. The molecule has 0 aliphatic carbocycles. The van der Waals surface area contributed by atoms with Crippen molar-refractivity contribution in [2.45, 2.75) is 19.8 Å². The Morgan fingerprint density at radius 1 is 1.38 bits per heavy atom. The van der Waals surface area contributed by atoms with Crippen molar-refractivity contribution in [1.29, 1.82) is 0 Å². The van der Waals surface area contributed by atoms with Crippen molar-refractivity contribution in [1.82, 2.24) is 0 Å². The van der Waals surface area contributed by atoms with Gasteiger partial charge in [0, 0.05) is 17.6 Å². The minimum Gasteiger partial charge on any atom is -0.397 e. The number of nitrogens with zero attached hydrogens (tertiary/aromatic N) is 1. The highest BCUT2D eigenvalue weighted by atomic mass is 79.9. The van der Waals surface area contributed by atoms with Gasteiger partial charge >= 0.3 is 0 Å². The summed E-state index contributed by atoms with van der Waals surface area (Å²) in [5, 5.41) is 0.737. The Bertz CT molecular complexity index is 364. The van der Waals surface area contributed by atoms with E-state index in [0.717, 1.165) is 39.9 Å². The van der Waals surface area contributed by atoms with Gasteiger partial charge in [0.2, 0.25) is 0 Å². The summed E-state index contributed by atoms with van der Waals surface area (Å²) in [4.78, 5) is 2.30. The van der Waals surface area contributed by atoms with Crippen molar-refractivity contribution < 1.29 is 0 Å². The van der Waals surface area contributed by atoms with Gasteiger partial charge in [-0.1, -0.05) is 34.5 Å². The van der Waals surface area contributed by atoms with Crippen molar-refractivity contribution in [3.05, 3.63) is 21.6 Å². The van der Waals surface area contributed by atoms with Crippen LogP contribution in [0.1, 0.15) is 19.8 Å². The van der Waals surface area contributed by atoms with Gasteiger partial charge in [-0.05, 0) is 30.9 Å². The van der Waals surface area contributed by atoms with E-state index in [0.29, 0.717) is 0 Å². The third-order valence-electron chi connectivity index (χ3n) is 3.16. The molecule has 0 atom stereocenters. The number of halogens is 2. The molecule has 1 aliphatic heterocycles. The van der Waals surface area contributed by atoms with E-state index in [-0.39, 0.29) is 0 Å². The molecule has 4 heteroatoms. The summed E-state index contributed by atoms with van der Waals surface area (Å²) in [5.41, 5.74) is 7.79. The molecule has 16 heavy (non-hydrogen) atoms. The van der Waals surface area contributed by atoms with Gasteiger partial charge in [0.1, 0.15) is 0 Å². The lowest BCUT2D eigenvalue weighted by Crippen LogP contribution is -2.33. The predicted molar refractivity (Wildman–Crippen MR) is 74.2 cm³/mol. The van der Waals surface area contributed by atoms with Crippen LogP contribution in [0.4, 0.5) is 11.4 Å². The van der Waals surface area contributed by atoms with E-state index in [1.54, 1.807) is 0 Å². The van der Waals surface area contributed by atoms with Gasteiger partial charge in [-0.15, -0.1) is 0 Å². The monoisotopic (exact) mass is 302 g/mol. The predicted octanol–water partition coefficient (Wildman–Crippen LogP) is 3.92. The molecule has 1 fully saturated rings. The summed E-state index contributed by atoms with van der Waals surface area (Å²) in [5.74, 6) is 0.812. The molecule has 1 aliphatic rings. The van der Waals surface area contributed by atoms with E-state index >= 15 is 0 Å². The van der Waals surface area contributed by atoms with Gasteiger partial charge < -0.3 is 10.6 Å². The standard InChI is InChI=1S/C12H16BrClN2/c1-8-2-4-16(5-3-8)12-10(14)6-9(13)7-11(12)15/h6-8H,2-5,15H2,1H3. The van der Waals surface area contributed by atoms with Crippen LogP contribution in [-0.4, -0.2) is 13.1 Å². The first-order chi connectivity index (χ1) is 7.58. The molecule has 0 bridgehead atoms. The van der Waals surface area contributed by atoms with Crippen molar-refractivity contribution in [3.63, 3.8) is 0 Å². The van der Waals surface area contributed by atoms with E-state index in [1.165, 1.54) is 12.8 Å². The molecule has 0 spiro atoms. The Kier molecular flexibility index (Phi) is 3.65. The summed E-state index contributed by atoms with van der Waals surface area (Å²) in [7, 11) is 0. The summed E-state index contributed by atoms with van der Waals surface area (Å²) in [6.45, 7) is 4.39. The highest BCUT2D eigenvalue weighted by Gasteiger charge is 2.20. The second-order valence-corrected chi connectivity index (χ2v) is 5.82. The summed E-state index contributed by atoms with van der Waals surface area (Å²) in [6.07, 6.45) is 2.43. The van der Waals surface area contributed by atoms with Crippen molar-refractivity contribution >= 4 is 38.9 Å². The first-order valence-electron chi connectivity index (χ1n) is 5.57. The quantitative estimate of drug-likeness (QED) is 0.797. The zero-order chi connectivity index (χ0) is 11.7. The van der Waals surface area contributed by atoms with E-state index in [1.807, 2.05) is 12.1 Å². The van der Waals surface area contributed by atoms with Crippen molar-refractivity contribution in [2.75, 3.05) is 23.7 Å². The maximum Gasteiger partial charge on any atom is 0.0789 e. The average molecular weight is 304 g/mol. The Morgan fingerprint density at radius 2 is 2.00 bits per heavy atom. The number of nitrogens with two attached hydrogens (primary N) is 1. The maximum atomic E-state index is 6.25. The molecule has 88 valence electrons. The molecule has 2 rings (SSSR count). The average Bonchev–Trinajstić information content (AvgIpc) is 2.19. The lowest BCUT2D eigenvalue weighted by Gasteiger charge is -2.33. The Morgan fingerprint density at radius 3 is 2.56 bits per heavy atom. The first-order valence-corrected chi connectivity index (χ1v) is 6.74. The molecule has 2 N–H and O–H groups in total. The van der Waals surface area contributed by atoms with Crippen LogP contribution < -0.4 is 10.6 Å². The smallest absolute Gasteiger partial charge is 0.0789 e. The molecule has 0 saturated carbocycles. The Balaban J connectivity index is 2.26. The molecule has 1 saturated heterocycles. The van der Waals surface area contributed by atoms with Crippen LogP contribution in [-0.2, 0) is 0 Å². The number of hydrogen-bond donors (Lipinski definition) is 1. The fourth-order valence-corrected chi connectivity index (χ4v) is 3.11. The zero-order valence-electron chi connectivity index (χ0n) is 9.34. The Labute approximate surface area is 110 Å². The lowest BCUT2D eigenvalue weighted by molar-refractivity contribution is 0.439. The highest BCUT2D eigenvalue weighted by Crippen LogP contribution is 2.37. The maximum absolute atomic E-state index is 6.25. The van der Waals surface area contributed by atoms with Crippen LogP contribution in [0.25, 0.3) is 0 Å². The normalized spacial score (nSPS) is 17.8. The number of hydrogen-bond acceptors (Lipinski definition) is 2. The van der Waals surface area contributed by atoms with Crippen LogP contribution in [0.2, 0.25) is 5.02 Å². The fraction of sp³-hybridized carbons (Fsp3) is 0.500. The molecule has 1 aromatic rings. The number of nitrogen functional groups attached to an aromatic ring is 1. The number of anilines is 2. The van der Waals surface area contributed by atoms with E-state index in [9.17, 15) is 0 Å². The topological polar surface area (TPSA) is 29.3 Å². The van der Waals surface area contributed by atoms with Gasteiger partial charge in [-0.3, -0.25) is 0 Å². The number of rotatable bonds is 1. The third-order valence-corrected chi connectivity index (χ3v) is 3.90. The molecule has 0 radical (unpaired) electrons. The van der Waals surface area contributed by atoms with Crippen LogP contribution in [0.15, 0.2) is 16.6 Å².